The molecule has 0 spiro atoms. The third-order valence-electron chi connectivity index (χ3n) is 1.46. The highest BCUT2D eigenvalue weighted by atomic mass is 16.3. The molecule has 3 nitrogen and oxygen atoms in total. The molecule has 1 amide bonds. The standard InChI is InChI=1S/C8H17NO2/c1-3-4-5-6-9-8(11)7(2)10/h7,10H,3-6H2,1-2H3,(H,9,11)/t7-/m1/s1. The highest BCUT2D eigenvalue weighted by Gasteiger charge is 2.05. The Morgan fingerprint density at radius 2 is 2.18 bits per heavy atom. The highest BCUT2D eigenvalue weighted by molar-refractivity contribution is 5.79. The zero-order valence-electron chi connectivity index (χ0n) is 7.26. The predicted molar refractivity (Wildman–Crippen MR) is 44.2 cm³/mol. The molecule has 0 fully saturated rings. The lowest BCUT2D eigenvalue weighted by molar-refractivity contribution is -0.128. The number of aliphatic hydroxyl groups is 1. The molecule has 0 saturated heterocycles. The van der Waals surface area contributed by atoms with E-state index in [1.54, 1.807) is 0 Å². The van der Waals surface area contributed by atoms with Gasteiger partial charge in [-0.1, -0.05) is 19.8 Å². The van der Waals surface area contributed by atoms with Crippen LogP contribution in [0.3, 0.4) is 0 Å². The molecular formula is C8H17NO2. The summed E-state index contributed by atoms with van der Waals surface area (Å²) in [6, 6.07) is 0. The molecule has 0 unspecified atom stereocenters. The fourth-order valence-corrected chi connectivity index (χ4v) is 0.734. The van der Waals surface area contributed by atoms with Gasteiger partial charge >= 0.3 is 0 Å². The Hall–Kier alpha value is -0.570. The normalized spacial score (nSPS) is 12.6. The van der Waals surface area contributed by atoms with Gasteiger partial charge in [0, 0.05) is 6.54 Å². The number of rotatable bonds is 5. The lowest BCUT2D eigenvalue weighted by atomic mass is 10.2. The molecule has 0 aromatic rings. The number of carbonyl (C=O) groups excluding carboxylic acids is 1. The van der Waals surface area contributed by atoms with Gasteiger partial charge in [0.1, 0.15) is 6.10 Å². The van der Waals surface area contributed by atoms with Crippen molar-refractivity contribution in [3.05, 3.63) is 0 Å². The first kappa shape index (κ1) is 10.4. The number of amides is 1. The van der Waals surface area contributed by atoms with Crippen LogP contribution in [0.2, 0.25) is 0 Å². The van der Waals surface area contributed by atoms with Crippen molar-refractivity contribution in [2.45, 2.75) is 39.2 Å². The Balaban J connectivity index is 3.18. The molecule has 2 N–H and O–H groups in total. The van der Waals surface area contributed by atoms with Crippen LogP contribution in [-0.4, -0.2) is 23.7 Å². The predicted octanol–water partition coefficient (Wildman–Crippen LogP) is 0.674. The zero-order chi connectivity index (χ0) is 8.69. The molecule has 0 aromatic carbocycles. The number of carbonyl (C=O) groups is 1. The minimum atomic E-state index is -0.878. The molecule has 66 valence electrons. The molecule has 1 atom stereocenters. The Morgan fingerprint density at radius 3 is 2.64 bits per heavy atom. The second kappa shape index (κ2) is 6.16. The maximum Gasteiger partial charge on any atom is 0.248 e. The number of nitrogens with one attached hydrogen (secondary N) is 1. The van der Waals surface area contributed by atoms with Crippen LogP contribution in [0.15, 0.2) is 0 Å². The Labute approximate surface area is 67.8 Å². The maximum atomic E-state index is 10.7. The van der Waals surface area contributed by atoms with Crippen molar-refractivity contribution in [2.75, 3.05) is 6.54 Å². The van der Waals surface area contributed by atoms with E-state index in [4.69, 9.17) is 5.11 Å². The van der Waals surface area contributed by atoms with E-state index in [0.29, 0.717) is 6.54 Å². The monoisotopic (exact) mass is 159 g/mol. The summed E-state index contributed by atoms with van der Waals surface area (Å²) >= 11 is 0. The van der Waals surface area contributed by atoms with Crippen molar-refractivity contribution in [1.82, 2.24) is 5.32 Å². The van der Waals surface area contributed by atoms with E-state index in [1.807, 2.05) is 0 Å². The molecular weight excluding hydrogens is 142 g/mol. The van der Waals surface area contributed by atoms with E-state index in [1.165, 1.54) is 6.92 Å². The first-order valence-corrected chi connectivity index (χ1v) is 4.14. The summed E-state index contributed by atoms with van der Waals surface area (Å²) in [5.41, 5.74) is 0. The summed E-state index contributed by atoms with van der Waals surface area (Å²) < 4.78 is 0. The van der Waals surface area contributed by atoms with Gasteiger partial charge in [-0.3, -0.25) is 4.79 Å². The van der Waals surface area contributed by atoms with Crippen LogP contribution in [-0.2, 0) is 4.79 Å². The summed E-state index contributed by atoms with van der Waals surface area (Å²) in [5.74, 6) is -0.277. The average molecular weight is 159 g/mol. The van der Waals surface area contributed by atoms with Gasteiger partial charge in [0.15, 0.2) is 0 Å². The van der Waals surface area contributed by atoms with Gasteiger partial charge in [-0.2, -0.15) is 0 Å². The van der Waals surface area contributed by atoms with Gasteiger partial charge in [0.25, 0.3) is 0 Å². The fourth-order valence-electron chi connectivity index (χ4n) is 0.734. The van der Waals surface area contributed by atoms with E-state index in [9.17, 15) is 4.79 Å². The molecule has 0 aliphatic heterocycles. The van der Waals surface area contributed by atoms with E-state index in [0.717, 1.165) is 19.3 Å². The van der Waals surface area contributed by atoms with E-state index < -0.39 is 6.10 Å². The SMILES string of the molecule is CCCCCNC(=O)[C@@H](C)O. The van der Waals surface area contributed by atoms with Crippen LogP contribution < -0.4 is 5.32 Å². The second-order valence-corrected chi connectivity index (χ2v) is 2.67. The lowest BCUT2D eigenvalue weighted by Gasteiger charge is -2.05. The van der Waals surface area contributed by atoms with Gasteiger partial charge in [-0.25, -0.2) is 0 Å². The number of hydrogen-bond donors (Lipinski definition) is 2. The first-order valence-electron chi connectivity index (χ1n) is 4.14. The summed E-state index contributed by atoms with van der Waals surface area (Å²) in [4.78, 5) is 10.7. The molecule has 3 heteroatoms. The minimum Gasteiger partial charge on any atom is -0.384 e. The van der Waals surface area contributed by atoms with Crippen molar-refractivity contribution >= 4 is 5.91 Å². The van der Waals surface area contributed by atoms with Crippen LogP contribution in [0.1, 0.15) is 33.1 Å². The molecule has 0 rings (SSSR count). The van der Waals surface area contributed by atoms with Crippen LogP contribution >= 0.6 is 0 Å². The third-order valence-corrected chi connectivity index (χ3v) is 1.46. The number of aliphatic hydroxyl groups excluding tert-OH is 1. The molecule has 0 bridgehead atoms. The molecule has 0 aliphatic carbocycles. The van der Waals surface area contributed by atoms with Crippen molar-refractivity contribution < 1.29 is 9.90 Å². The van der Waals surface area contributed by atoms with Crippen LogP contribution in [0.4, 0.5) is 0 Å². The number of hydrogen-bond acceptors (Lipinski definition) is 2. The smallest absolute Gasteiger partial charge is 0.248 e. The van der Waals surface area contributed by atoms with E-state index in [-0.39, 0.29) is 5.91 Å². The topological polar surface area (TPSA) is 49.3 Å². The van der Waals surface area contributed by atoms with Gasteiger partial charge in [-0.05, 0) is 13.3 Å². The second-order valence-electron chi connectivity index (χ2n) is 2.67. The van der Waals surface area contributed by atoms with Gasteiger partial charge in [-0.15, -0.1) is 0 Å². The van der Waals surface area contributed by atoms with Crippen LogP contribution in [0, 0.1) is 0 Å². The largest absolute Gasteiger partial charge is 0.384 e. The number of unbranched alkanes of at least 4 members (excludes halogenated alkanes) is 2. The van der Waals surface area contributed by atoms with Crippen molar-refractivity contribution in [1.29, 1.82) is 0 Å². The Bertz CT molecular complexity index is 113. The van der Waals surface area contributed by atoms with E-state index in [2.05, 4.69) is 12.2 Å². The first-order chi connectivity index (χ1) is 5.18. The summed E-state index contributed by atoms with van der Waals surface area (Å²) in [7, 11) is 0. The summed E-state index contributed by atoms with van der Waals surface area (Å²) in [6.45, 7) is 4.25. The van der Waals surface area contributed by atoms with E-state index >= 15 is 0 Å². The van der Waals surface area contributed by atoms with Crippen molar-refractivity contribution in [3.63, 3.8) is 0 Å². The molecule has 0 radical (unpaired) electrons. The van der Waals surface area contributed by atoms with Crippen LogP contribution in [0.25, 0.3) is 0 Å². The Kier molecular flexibility index (Phi) is 5.84. The maximum absolute atomic E-state index is 10.7. The van der Waals surface area contributed by atoms with Gasteiger partial charge in [0.05, 0.1) is 0 Å². The van der Waals surface area contributed by atoms with Gasteiger partial charge in [0.2, 0.25) is 5.91 Å². The average Bonchev–Trinajstić information content (AvgIpc) is 1.97. The molecule has 0 heterocycles. The van der Waals surface area contributed by atoms with Crippen molar-refractivity contribution in [3.8, 4) is 0 Å². The molecule has 0 aliphatic rings. The fraction of sp³-hybridized carbons (Fsp3) is 0.875. The Morgan fingerprint density at radius 1 is 1.55 bits per heavy atom. The molecule has 0 aromatic heterocycles. The third kappa shape index (κ3) is 5.85. The quantitative estimate of drug-likeness (QED) is 0.579. The minimum absolute atomic E-state index is 0.277. The highest BCUT2D eigenvalue weighted by Crippen LogP contribution is 1.91. The molecule has 11 heavy (non-hydrogen) atoms. The zero-order valence-corrected chi connectivity index (χ0v) is 7.26. The van der Waals surface area contributed by atoms with Crippen LogP contribution in [0.5, 0.6) is 0 Å². The van der Waals surface area contributed by atoms with Crippen molar-refractivity contribution in [2.24, 2.45) is 0 Å². The summed E-state index contributed by atoms with van der Waals surface area (Å²) in [6.07, 6.45) is 2.39. The molecule has 0 saturated carbocycles. The lowest BCUT2D eigenvalue weighted by Crippen LogP contribution is -2.33. The summed E-state index contributed by atoms with van der Waals surface area (Å²) in [5, 5.41) is 11.4. The van der Waals surface area contributed by atoms with Gasteiger partial charge < -0.3 is 10.4 Å².